The SMILES string of the molecule is CC1(C)c2ccccc2-c2ccc(N(c3ccc4c(c3)Oc3cc5ccccc5cc3-c3c(-c5ccccc5)cccc3-4)c3ccc4c(c3)C(C)(C)c3ccccc3-4)cc21. The number of fused-ring (bicyclic) bond motifs is 12. The van der Waals surface area contributed by atoms with E-state index in [-0.39, 0.29) is 10.8 Å². The molecule has 0 N–H and O–H groups in total. The molecule has 0 saturated carbocycles. The molecule has 0 aromatic heterocycles. The van der Waals surface area contributed by atoms with Gasteiger partial charge in [0.25, 0.3) is 0 Å². The Morgan fingerprint density at radius 1 is 0.333 bits per heavy atom. The van der Waals surface area contributed by atoms with Gasteiger partial charge in [-0.05, 0) is 121 Å². The third kappa shape index (κ3) is 5.01. The molecule has 3 aliphatic rings. The van der Waals surface area contributed by atoms with Gasteiger partial charge in [-0.1, -0.05) is 161 Å². The Morgan fingerprint density at radius 3 is 1.43 bits per heavy atom. The van der Waals surface area contributed by atoms with Crippen LogP contribution >= 0.6 is 0 Å². The molecule has 1 aliphatic heterocycles. The van der Waals surface area contributed by atoms with Crippen molar-refractivity contribution < 1.29 is 4.74 Å². The highest BCUT2D eigenvalue weighted by molar-refractivity contribution is 6.03. The zero-order valence-corrected chi connectivity index (χ0v) is 34.3. The fourth-order valence-corrected chi connectivity index (χ4v) is 10.6. The highest BCUT2D eigenvalue weighted by atomic mass is 16.5. The number of hydrogen-bond acceptors (Lipinski definition) is 2. The van der Waals surface area contributed by atoms with Crippen molar-refractivity contribution in [1.82, 2.24) is 0 Å². The molecule has 0 radical (unpaired) electrons. The minimum Gasteiger partial charge on any atom is -0.456 e. The predicted molar refractivity (Wildman–Crippen MR) is 250 cm³/mol. The Morgan fingerprint density at radius 2 is 0.800 bits per heavy atom. The van der Waals surface area contributed by atoms with Crippen LogP contribution in [0, 0.1) is 0 Å². The Balaban J connectivity index is 1.08. The maximum absolute atomic E-state index is 7.22. The van der Waals surface area contributed by atoms with Crippen molar-refractivity contribution in [3.8, 4) is 67.1 Å². The quantitative estimate of drug-likeness (QED) is 0.177. The fourth-order valence-electron chi connectivity index (χ4n) is 10.6. The van der Waals surface area contributed by atoms with Gasteiger partial charge in [-0.3, -0.25) is 0 Å². The molecule has 0 atom stereocenters. The summed E-state index contributed by atoms with van der Waals surface area (Å²) in [5.74, 6) is 1.69. The van der Waals surface area contributed by atoms with Gasteiger partial charge in [0, 0.05) is 50.6 Å². The molecule has 9 aromatic rings. The summed E-state index contributed by atoms with van der Waals surface area (Å²) in [7, 11) is 0. The molecule has 0 saturated heterocycles. The maximum Gasteiger partial charge on any atom is 0.137 e. The van der Waals surface area contributed by atoms with Gasteiger partial charge in [0.1, 0.15) is 11.5 Å². The summed E-state index contributed by atoms with van der Waals surface area (Å²) in [6, 6.07) is 69.3. The van der Waals surface area contributed by atoms with Gasteiger partial charge in [0.15, 0.2) is 0 Å². The Bertz CT molecular complexity index is 3140. The van der Waals surface area contributed by atoms with Gasteiger partial charge < -0.3 is 9.64 Å². The summed E-state index contributed by atoms with van der Waals surface area (Å²) in [5, 5.41) is 2.34. The van der Waals surface area contributed by atoms with Crippen molar-refractivity contribution >= 4 is 27.8 Å². The van der Waals surface area contributed by atoms with Crippen LogP contribution in [0.3, 0.4) is 0 Å². The molecule has 0 fully saturated rings. The number of rotatable bonds is 4. The van der Waals surface area contributed by atoms with Crippen LogP contribution in [-0.4, -0.2) is 0 Å². The number of anilines is 3. The molecule has 286 valence electrons. The monoisotopic (exact) mass is 769 g/mol. The van der Waals surface area contributed by atoms with Crippen LogP contribution in [0.1, 0.15) is 49.9 Å². The van der Waals surface area contributed by atoms with Crippen molar-refractivity contribution in [1.29, 1.82) is 0 Å². The van der Waals surface area contributed by atoms with Crippen LogP contribution in [0.15, 0.2) is 188 Å². The zero-order valence-electron chi connectivity index (χ0n) is 34.3. The largest absolute Gasteiger partial charge is 0.456 e. The second-order valence-corrected chi connectivity index (χ2v) is 17.7. The summed E-state index contributed by atoms with van der Waals surface area (Å²) in [5.41, 5.74) is 20.6. The normalized spacial score (nSPS) is 14.4. The van der Waals surface area contributed by atoms with Gasteiger partial charge >= 0.3 is 0 Å². The summed E-state index contributed by atoms with van der Waals surface area (Å²) in [4.78, 5) is 2.44. The van der Waals surface area contributed by atoms with E-state index in [4.69, 9.17) is 4.74 Å². The first-order chi connectivity index (χ1) is 29.3. The van der Waals surface area contributed by atoms with Crippen molar-refractivity contribution in [3.05, 3.63) is 210 Å². The first kappa shape index (κ1) is 34.8. The predicted octanol–water partition coefficient (Wildman–Crippen LogP) is 16.0. The van der Waals surface area contributed by atoms with Crippen LogP contribution in [0.5, 0.6) is 11.5 Å². The van der Waals surface area contributed by atoms with Gasteiger partial charge in [-0.15, -0.1) is 0 Å². The Kier molecular flexibility index (Phi) is 7.36. The lowest BCUT2D eigenvalue weighted by atomic mass is 9.82. The van der Waals surface area contributed by atoms with Crippen molar-refractivity contribution in [3.63, 3.8) is 0 Å². The zero-order chi connectivity index (χ0) is 40.3. The van der Waals surface area contributed by atoms with Gasteiger partial charge in [0.05, 0.1) is 0 Å². The van der Waals surface area contributed by atoms with Gasteiger partial charge in [-0.25, -0.2) is 0 Å². The van der Waals surface area contributed by atoms with E-state index in [1.165, 1.54) is 66.6 Å². The smallest absolute Gasteiger partial charge is 0.137 e. The van der Waals surface area contributed by atoms with Gasteiger partial charge in [0.2, 0.25) is 0 Å². The fraction of sp³-hybridized carbons (Fsp3) is 0.103. The van der Waals surface area contributed by atoms with Crippen LogP contribution in [0.4, 0.5) is 17.1 Å². The van der Waals surface area contributed by atoms with E-state index in [1.807, 2.05) is 0 Å². The van der Waals surface area contributed by atoms with Crippen molar-refractivity contribution in [2.45, 2.75) is 38.5 Å². The van der Waals surface area contributed by atoms with Crippen LogP contribution < -0.4 is 9.64 Å². The second-order valence-electron chi connectivity index (χ2n) is 17.7. The summed E-state index contributed by atoms with van der Waals surface area (Å²) >= 11 is 0. The second kappa shape index (κ2) is 12.7. The minimum atomic E-state index is -0.140. The number of nitrogens with zero attached hydrogens (tertiary/aromatic N) is 1. The Hall–Kier alpha value is -7.16. The van der Waals surface area contributed by atoms with Crippen LogP contribution in [0.25, 0.3) is 66.4 Å². The van der Waals surface area contributed by atoms with E-state index in [2.05, 4.69) is 221 Å². The molecule has 0 amide bonds. The molecule has 0 bridgehead atoms. The van der Waals surface area contributed by atoms with Crippen LogP contribution in [0.2, 0.25) is 0 Å². The van der Waals surface area contributed by atoms with Crippen LogP contribution in [-0.2, 0) is 10.8 Å². The van der Waals surface area contributed by atoms with E-state index in [0.29, 0.717) is 0 Å². The lowest BCUT2D eigenvalue weighted by Crippen LogP contribution is -2.18. The molecule has 12 rings (SSSR count). The molecule has 0 spiro atoms. The molecule has 0 unspecified atom stereocenters. The average Bonchev–Trinajstić information content (AvgIpc) is 3.58. The molecular weight excluding hydrogens is 727 g/mol. The molecule has 9 aromatic carbocycles. The highest BCUT2D eigenvalue weighted by Crippen LogP contribution is 2.55. The van der Waals surface area contributed by atoms with Crippen molar-refractivity contribution in [2.75, 3.05) is 4.90 Å². The topological polar surface area (TPSA) is 12.5 Å². The molecule has 60 heavy (non-hydrogen) atoms. The lowest BCUT2D eigenvalue weighted by Gasteiger charge is -2.30. The number of ether oxygens (including phenoxy) is 1. The van der Waals surface area contributed by atoms with Gasteiger partial charge in [-0.2, -0.15) is 0 Å². The minimum absolute atomic E-state index is 0.140. The molecule has 2 aliphatic carbocycles. The molecule has 1 heterocycles. The molecule has 2 nitrogen and oxygen atoms in total. The molecule has 2 heteroatoms. The lowest BCUT2D eigenvalue weighted by molar-refractivity contribution is 0.488. The van der Waals surface area contributed by atoms with Crippen molar-refractivity contribution in [2.24, 2.45) is 0 Å². The first-order valence-electron chi connectivity index (χ1n) is 21.1. The molecular formula is C58H43NO. The highest BCUT2D eigenvalue weighted by Gasteiger charge is 2.38. The Labute approximate surface area is 352 Å². The summed E-state index contributed by atoms with van der Waals surface area (Å²) < 4.78 is 7.22. The maximum atomic E-state index is 7.22. The number of benzene rings is 9. The summed E-state index contributed by atoms with van der Waals surface area (Å²) in [6.45, 7) is 9.44. The number of hydrogen-bond donors (Lipinski definition) is 0. The first-order valence-corrected chi connectivity index (χ1v) is 21.1. The average molecular weight is 770 g/mol. The summed E-state index contributed by atoms with van der Waals surface area (Å²) in [6.07, 6.45) is 0. The van der Waals surface area contributed by atoms with E-state index in [1.54, 1.807) is 0 Å². The standard InChI is InChI=1S/C58H43NO/c1-57(2)50-23-12-10-19-43(50)45-28-25-39(33-52(45)57)59(40-26-29-46-44-20-11-13-24-51(44)58(3,4)53(46)34-40)41-27-30-47-48-22-14-21-42(36-15-6-5-7-16-36)56(48)49-31-37-17-8-9-18-38(37)32-54(49)60-55(47)35-41/h5-35H,1-4H3. The third-order valence-corrected chi connectivity index (χ3v) is 13.7. The third-order valence-electron chi connectivity index (χ3n) is 13.7. The van der Waals surface area contributed by atoms with E-state index in [0.717, 1.165) is 50.6 Å². The van der Waals surface area contributed by atoms with E-state index >= 15 is 0 Å². The van der Waals surface area contributed by atoms with E-state index in [9.17, 15) is 0 Å². The van der Waals surface area contributed by atoms with E-state index < -0.39 is 0 Å².